The molecule has 0 radical (unpaired) electrons. The van der Waals surface area contributed by atoms with Crippen LogP contribution in [0.1, 0.15) is 24.6 Å². The van der Waals surface area contributed by atoms with Crippen molar-refractivity contribution in [3.63, 3.8) is 0 Å². The quantitative estimate of drug-likeness (QED) is 0.674. The van der Waals surface area contributed by atoms with Crippen LogP contribution in [0.2, 0.25) is 0 Å². The molecule has 152 valence electrons. The SMILES string of the molecule is Cl.N[C@@H]1C[C@H](c2nc(-c3ccccn3)nn2-c2ccc3c(c2)OCCO3)C[C@H]1O. The van der Waals surface area contributed by atoms with E-state index in [-0.39, 0.29) is 24.4 Å². The van der Waals surface area contributed by atoms with Crippen molar-refractivity contribution in [1.29, 1.82) is 0 Å². The standard InChI is InChI=1S/C20H21N5O3.ClH/c21-14-9-12(10-16(14)26)20-23-19(15-3-1-2-6-22-15)24-25(20)13-4-5-17-18(11-13)28-8-7-27-17;/h1-6,11-12,14,16,26H,7-10,21H2;1H/t12-,14+,16+;/m0./s1. The zero-order valence-corrected chi connectivity index (χ0v) is 16.5. The molecular formula is C20H22ClN5O3. The Morgan fingerprint density at radius 1 is 1.07 bits per heavy atom. The number of ether oxygens (including phenoxy) is 2. The van der Waals surface area contributed by atoms with E-state index < -0.39 is 6.10 Å². The number of pyridine rings is 1. The normalized spacial score (nSPS) is 22.9. The van der Waals surface area contributed by atoms with Gasteiger partial charge in [-0.15, -0.1) is 17.5 Å². The van der Waals surface area contributed by atoms with E-state index in [1.54, 1.807) is 10.9 Å². The summed E-state index contributed by atoms with van der Waals surface area (Å²) in [6.45, 7) is 1.06. The molecule has 1 fully saturated rings. The molecule has 2 aromatic heterocycles. The van der Waals surface area contributed by atoms with Gasteiger partial charge in [-0.2, -0.15) is 0 Å². The predicted molar refractivity (Wildman–Crippen MR) is 109 cm³/mol. The molecule has 0 bridgehead atoms. The monoisotopic (exact) mass is 415 g/mol. The van der Waals surface area contributed by atoms with Crippen molar-refractivity contribution in [2.45, 2.75) is 30.9 Å². The Kier molecular flexibility index (Phi) is 5.40. The van der Waals surface area contributed by atoms with Gasteiger partial charge in [0, 0.05) is 24.2 Å². The van der Waals surface area contributed by atoms with Crippen molar-refractivity contribution in [2.24, 2.45) is 5.73 Å². The fourth-order valence-electron chi connectivity index (χ4n) is 3.80. The molecule has 0 saturated heterocycles. The van der Waals surface area contributed by atoms with Gasteiger partial charge in [-0.25, -0.2) is 9.67 Å². The first kappa shape index (κ1) is 19.6. The van der Waals surface area contributed by atoms with Crippen LogP contribution in [-0.4, -0.2) is 50.2 Å². The van der Waals surface area contributed by atoms with E-state index in [2.05, 4.69) is 4.98 Å². The van der Waals surface area contributed by atoms with E-state index >= 15 is 0 Å². The molecule has 0 spiro atoms. The van der Waals surface area contributed by atoms with E-state index in [0.717, 1.165) is 17.3 Å². The first-order chi connectivity index (χ1) is 13.7. The lowest BCUT2D eigenvalue weighted by atomic mass is 10.1. The summed E-state index contributed by atoms with van der Waals surface area (Å²) in [6, 6.07) is 11.1. The molecule has 3 aromatic rings. The van der Waals surface area contributed by atoms with Crippen LogP contribution >= 0.6 is 12.4 Å². The Balaban J connectivity index is 0.00000205. The minimum Gasteiger partial charge on any atom is -0.486 e. The smallest absolute Gasteiger partial charge is 0.200 e. The Morgan fingerprint density at radius 3 is 2.62 bits per heavy atom. The molecule has 29 heavy (non-hydrogen) atoms. The van der Waals surface area contributed by atoms with Crippen molar-refractivity contribution in [3.05, 3.63) is 48.4 Å². The summed E-state index contributed by atoms with van der Waals surface area (Å²) in [6.07, 6.45) is 2.40. The Morgan fingerprint density at radius 2 is 1.90 bits per heavy atom. The average Bonchev–Trinajstić information content (AvgIpc) is 3.32. The third-order valence-corrected chi connectivity index (χ3v) is 5.24. The van der Waals surface area contributed by atoms with Gasteiger partial charge in [0.05, 0.1) is 11.8 Å². The van der Waals surface area contributed by atoms with E-state index in [9.17, 15) is 5.11 Å². The molecule has 8 nitrogen and oxygen atoms in total. The second kappa shape index (κ2) is 7.98. The fraction of sp³-hybridized carbons (Fsp3) is 0.350. The average molecular weight is 416 g/mol. The Labute approximate surface area is 174 Å². The van der Waals surface area contributed by atoms with Gasteiger partial charge in [-0.05, 0) is 37.1 Å². The van der Waals surface area contributed by atoms with Gasteiger partial charge in [-0.1, -0.05) is 6.07 Å². The third kappa shape index (κ3) is 3.66. The lowest BCUT2D eigenvalue weighted by Crippen LogP contribution is -2.28. The molecular weight excluding hydrogens is 394 g/mol. The summed E-state index contributed by atoms with van der Waals surface area (Å²) in [5.41, 5.74) is 7.57. The minimum atomic E-state index is -0.534. The van der Waals surface area contributed by atoms with E-state index in [0.29, 0.717) is 43.3 Å². The van der Waals surface area contributed by atoms with Crippen molar-refractivity contribution < 1.29 is 14.6 Å². The van der Waals surface area contributed by atoms with Gasteiger partial charge in [0.25, 0.3) is 0 Å². The molecule has 3 heterocycles. The van der Waals surface area contributed by atoms with Crippen LogP contribution in [0.15, 0.2) is 42.6 Å². The summed E-state index contributed by atoms with van der Waals surface area (Å²) < 4.78 is 13.1. The maximum Gasteiger partial charge on any atom is 0.200 e. The van der Waals surface area contributed by atoms with Gasteiger partial charge < -0.3 is 20.3 Å². The maximum absolute atomic E-state index is 10.1. The topological polar surface area (TPSA) is 108 Å². The van der Waals surface area contributed by atoms with Crippen LogP contribution in [0, 0.1) is 0 Å². The number of benzene rings is 1. The van der Waals surface area contributed by atoms with Crippen LogP contribution in [0.3, 0.4) is 0 Å². The summed E-state index contributed by atoms with van der Waals surface area (Å²) >= 11 is 0. The molecule has 5 rings (SSSR count). The van der Waals surface area contributed by atoms with E-state index in [1.807, 2.05) is 36.4 Å². The molecule has 9 heteroatoms. The van der Waals surface area contributed by atoms with Crippen LogP contribution in [0.5, 0.6) is 11.5 Å². The number of aliphatic hydroxyl groups is 1. The number of nitrogens with zero attached hydrogens (tertiary/aromatic N) is 4. The lowest BCUT2D eigenvalue weighted by Gasteiger charge is -2.19. The van der Waals surface area contributed by atoms with Gasteiger partial charge >= 0.3 is 0 Å². The summed E-state index contributed by atoms with van der Waals surface area (Å²) in [7, 11) is 0. The van der Waals surface area contributed by atoms with Crippen LogP contribution in [0.4, 0.5) is 0 Å². The summed E-state index contributed by atoms with van der Waals surface area (Å²) in [4.78, 5) is 9.14. The van der Waals surface area contributed by atoms with Crippen molar-refractivity contribution in [3.8, 4) is 28.7 Å². The summed E-state index contributed by atoms with van der Waals surface area (Å²) in [5.74, 6) is 2.74. The number of aliphatic hydroxyl groups excluding tert-OH is 1. The van der Waals surface area contributed by atoms with Crippen LogP contribution in [0.25, 0.3) is 17.2 Å². The molecule has 0 unspecified atom stereocenters. The molecule has 1 saturated carbocycles. The zero-order valence-electron chi connectivity index (χ0n) is 15.6. The highest BCUT2D eigenvalue weighted by Crippen LogP contribution is 2.37. The number of aromatic nitrogens is 4. The molecule has 1 aliphatic heterocycles. The highest BCUT2D eigenvalue weighted by Gasteiger charge is 2.35. The number of rotatable bonds is 3. The Hall–Kier alpha value is -2.68. The fourth-order valence-corrected chi connectivity index (χ4v) is 3.80. The molecule has 1 aliphatic carbocycles. The highest BCUT2D eigenvalue weighted by molar-refractivity contribution is 5.85. The number of nitrogens with two attached hydrogens (primary N) is 1. The van der Waals surface area contributed by atoms with Crippen molar-refractivity contribution in [2.75, 3.05) is 13.2 Å². The first-order valence-corrected chi connectivity index (χ1v) is 9.41. The summed E-state index contributed by atoms with van der Waals surface area (Å²) in [5, 5.41) is 14.9. The molecule has 3 atom stereocenters. The zero-order chi connectivity index (χ0) is 19.1. The second-order valence-electron chi connectivity index (χ2n) is 7.15. The molecule has 0 amide bonds. The second-order valence-corrected chi connectivity index (χ2v) is 7.15. The first-order valence-electron chi connectivity index (χ1n) is 9.41. The van der Waals surface area contributed by atoms with Crippen LogP contribution in [-0.2, 0) is 0 Å². The molecule has 3 N–H and O–H groups in total. The predicted octanol–water partition coefficient (Wildman–Crippen LogP) is 2.09. The number of halogens is 1. The highest BCUT2D eigenvalue weighted by atomic mass is 35.5. The lowest BCUT2D eigenvalue weighted by molar-refractivity contribution is 0.163. The van der Waals surface area contributed by atoms with Gasteiger partial charge in [0.1, 0.15) is 24.7 Å². The Bertz CT molecular complexity index is 987. The molecule has 1 aromatic carbocycles. The third-order valence-electron chi connectivity index (χ3n) is 5.24. The number of fused-ring (bicyclic) bond motifs is 1. The van der Waals surface area contributed by atoms with E-state index in [4.69, 9.17) is 25.3 Å². The minimum absolute atomic E-state index is 0. The van der Waals surface area contributed by atoms with Gasteiger partial charge in [0.2, 0.25) is 0 Å². The maximum atomic E-state index is 10.1. The largest absolute Gasteiger partial charge is 0.486 e. The van der Waals surface area contributed by atoms with Crippen molar-refractivity contribution >= 4 is 12.4 Å². The van der Waals surface area contributed by atoms with Gasteiger partial charge in [0.15, 0.2) is 17.3 Å². The van der Waals surface area contributed by atoms with Crippen molar-refractivity contribution in [1.82, 2.24) is 19.7 Å². The van der Waals surface area contributed by atoms with Gasteiger partial charge in [-0.3, -0.25) is 4.98 Å². The van der Waals surface area contributed by atoms with Crippen LogP contribution < -0.4 is 15.2 Å². The molecule has 2 aliphatic rings. The van der Waals surface area contributed by atoms with E-state index in [1.165, 1.54) is 0 Å². The number of hydrogen-bond donors (Lipinski definition) is 2. The number of hydrogen-bond acceptors (Lipinski definition) is 7.